The minimum Gasteiger partial charge on any atom is -0.462 e. The van der Waals surface area contributed by atoms with Gasteiger partial charge >= 0.3 is 17.9 Å². The lowest BCUT2D eigenvalue weighted by atomic mass is 10.0. The van der Waals surface area contributed by atoms with E-state index in [0.717, 1.165) is 109 Å². The van der Waals surface area contributed by atoms with E-state index in [2.05, 4.69) is 106 Å². The van der Waals surface area contributed by atoms with E-state index >= 15 is 0 Å². The van der Waals surface area contributed by atoms with Gasteiger partial charge in [-0.2, -0.15) is 0 Å². The predicted molar refractivity (Wildman–Crippen MR) is 288 cm³/mol. The van der Waals surface area contributed by atoms with Gasteiger partial charge in [0.05, 0.1) is 0 Å². The van der Waals surface area contributed by atoms with Gasteiger partial charge in [0.1, 0.15) is 13.2 Å². The summed E-state index contributed by atoms with van der Waals surface area (Å²) in [6.45, 7) is 6.46. The maximum atomic E-state index is 12.8. The second-order valence-electron chi connectivity index (χ2n) is 18.5. The van der Waals surface area contributed by atoms with Crippen molar-refractivity contribution >= 4 is 17.9 Å². The van der Waals surface area contributed by atoms with E-state index < -0.39 is 6.10 Å². The molecule has 0 fully saturated rings. The first-order chi connectivity index (χ1) is 33.0. The first-order valence-electron chi connectivity index (χ1n) is 28.1. The number of esters is 3. The van der Waals surface area contributed by atoms with Gasteiger partial charge < -0.3 is 14.2 Å². The molecule has 0 amide bonds. The van der Waals surface area contributed by atoms with Crippen LogP contribution in [0, 0.1) is 0 Å². The number of allylic oxidation sites excluding steroid dienone is 14. The molecule has 1 atom stereocenters. The zero-order chi connectivity index (χ0) is 48.6. The smallest absolute Gasteiger partial charge is 0.306 e. The second-order valence-corrected chi connectivity index (χ2v) is 18.5. The molecule has 0 aromatic heterocycles. The molecule has 0 heterocycles. The molecule has 67 heavy (non-hydrogen) atoms. The zero-order valence-corrected chi connectivity index (χ0v) is 43.9. The van der Waals surface area contributed by atoms with Crippen molar-refractivity contribution in [1.82, 2.24) is 0 Å². The van der Waals surface area contributed by atoms with Crippen LogP contribution in [-0.2, 0) is 28.6 Å². The Morgan fingerprint density at radius 3 is 0.970 bits per heavy atom. The molecule has 0 aromatic rings. The van der Waals surface area contributed by atoms with Gasteiger partial charge in [0.25, 0.3) is 0 Å². The molecule has 0 unspecified atom stereocenters. The summed E-state index contributed by atoms with van der Waals surface area (Å²) in [5.41, 5.74) is 0. The zero-order valence-electron chi connectivity index (χ0n) is 43.9. The lowest BCUT2D eigenvalue weighted by molar-refractivity contribution is -0.167. The van der Waals surface area contributed by atoms with Crippen molar-refractivity contribution in [3.05, 3.63) is 85.1 Å². The van der Waals surface area contributed by atoms with Crippen molar-refractivity contribution in [2.45, 2.75) is 271 Å². The van der Waals surface area contributed by atoms with E-state index in [9.17, 15) is 14.4 Å². The van der Waals surface area contributed by atoms with Crippen molar-refractivity contribution in [2.24, 2.45) is 0 Å². The summed E-state index contributed by atoms with van der Waals surface area (Å²) in [5.74, 6) is -0.955. The van der Waals surface area contributed by atoms with Crippen LogP contribution in [0.2, 0.25) is 0 Å². The Hall–Kier alpha value is -3.41. The Balaban J connectivity index is 4.47. The molecule has 0 N–H and O–H groups in total. The summed E-state index contributed by atoms with van der Waals surface area (Å²) >= 11 is 0. The molecule has 0 rings (SSSR count). The van der Waals surface area contributed by atoms with Gasteiger partial charge in [0.2, 0.25) is 0 Å². The fourth-order valence-electron chi connectivity index (χ4n) is 7.68. The average molecular weight is 933 g/mol. The first-order valence-corrected chi connectivity index (χ1v) is 28.1. The number of ether oxygens (including phenoxy) is 3. The van der Waals surface area contributed by atoms with Crippen LogP contribution in [0.25, 0.3) is 0 Å². The topological polar surface area (TPSA) is 78.9 Å². The SMILES string of the molecule is CC/C=C\C/C=C\C/C=C\C/C=C\CCCCCCC(=O)O[C@H](COC(=O)CCCC/C=C\C/C=C\C/C=C\CCCCC)COC(=O)CCCCCCCCCCCCCCCCCCC. The number of hydrogen-bond donors (Lipinski definition) is 0. The Morgan fingerprint density at radius 1 is 0.313 bits per heavy atom. The Morgan fingerprint density at radius 2 is 0.582 bits per heavy atom. The molecule has 6 heteroatoms. The van der Waals surface area contributed by atoms with Gasteiger partial charge in [-0.1, -0.05) is 234 Å². The largest absolute Gasteiger partial charge is 0.462 e. The van der Waals surface area contributed by atoms with Gasteiger partial charge in [-0.15, -0.1) is 0 Å². The molecule has 0 aliphatic heterocycles. The van der Waals surface area contributed by atoms with Crippen molar-refractivity contribution < 1.29 is 28.6 Å². The molecular weight excluding hydrogens is 829 g/mol. The van der Waals surface area contributed by atoms with Crippen LogP contribution in [-0.4, -0.2) is 37.2 Å². The summed E-state index contributed by atoms with van der Waals surface area (Å²) in [5, 5.41) is 0. The third-order valence-electron chi connectivity index (χ3n) is 11.9. The van der Waals surface area contributed by atoms with Gasteiger partial charge in [0, 0.05) is 19.3 Å². The summed E-state index contributed by atoms with van der Waals surface area (Å²) < 4.78 is 16.8. The molecule has 0 radical (unpaired) electrons. The Bertz CT molecular complexity index is 1300. The van der Waals surface area contributed by atoms with Crippen molar-refractivity contribution in [3.8, 4) is 0 Å². The van der Waals surface area contributed by atoms with Crippen LogP contribution in [0.15, 0.2) is 85.1 Å². The lowest BCUT2D eigenvalue weighted by Crippen LogP contribution is -2.30. The number of rotatable bonds is 50. The van der Waals surface area contributed by atoms with Crippen LogP contribution in [0.4, 0.5) is 0 Å². The Labute approximate surface area is 414 Å². The van der Waals surface area contributed by atoms with E-state index in [4.69, 9.17) is 14.2 Å². The van der Waals surface area contributed by atoms with Crippen LogP contribution in [0.1, 0.15) is 265 Å². The van der Waals surface area contributed by atoms with Crippen LogP contribution < -0.4 is 0 Å². The number of carbonyl (C=O) groups is 3. The fraction of sp³-hybridized carbons (Fsp3) is 0.721. The molecule has 0 aliphatic carbocycles. The first kappa shape index (κ1) is 63.6. The number of hydrogen-bond acceptors (Lipinski definition) is 6. The van der Waals surface area contributed by atoms with E-state index in [0.29, 0.717) is 19.3 Å². The van der Waals surface area contributed by atoms with Crippen molar-refractivity contribution in [2.75, 3.05) is 13.2 Å². The number of unbranched alkanes of at least 4 members (excludes halogenated alkanes) is 25. The van der Waals surface area contributed by atoms with E-state index in [1.165, 1.54) is 116 Å². The van der Waals surface area contributed by atoms with Crippen molar-refractivity contribution in [1.29, 1.82) is 0 Å². The van der Waals surface area contributed by atoms with Gasteiger partial charge in [0.15, 0.2) is 6.10 Å². The van der Waals surface area contributed by atoms with Crippen molar-refractivity contribution in [3.63, 3.8) is 0 Å². The second kappa shape index (κ2) is 55.2. The third-order valence-corrected chi connectivity index (χ3v) is 11.9. The predicted octanol–water partition coefficient (Wildman–Crippen LogP) is 18.8. The molecule has 0 saturated carbocycles. The highest BCUT2D eigenvalue weighted by atomic mass is 16.6. The molecule has 384 valence electrons. The summed E-state index contributed by atoms with van der Waals surface area (Å²) in [7, 11) is 0. The minimum atomic E-state index is -0.804. The molecule has 0 saturated heterocycles. The van der Waals surface area contributed by atoms with Crippen LogP contribution >= 0.6 is 0 Å². The van der Waals surface area contributed by atoms with Crippen LogP contribution in [0.3, 0.4) is 0 Å². The maximum absolute atomic E-state index is 12.8. The third kappa shape index (κ3) is 53.4. The molecule has 0 spiro atoms. The van der Waals surface area contributed by atoms with E-state index in [-0.39, 0.29) is 31.1 Å². The molecule has 0 bridgehead atoms. The fourth-order valence-corrected chi connectivity index (χ4v) is 7.68. The molecular formula is C61H104O6. The minimum absolute atomic E-state index is 0.0971. The highest BCUT2D eigenvalue weighted by Crippen LogP contribution is 2.15. The highest BCUT2D eigenvalue weighted by Gasteiger charge is 2.19. The quantitative estimate of drug-likeness (QED) is 0.0262. The average Bonchev–Trinajstić information content (AvgIpc) is 3.33. The van der Waals surface area contributed by atoms with E-state index in [1.807, 2.05) is 0 Å². The Kier molecular flexibility index (Phi) is 52.4. The van der Waals surface area contributed by atoms with Gasteiger partial charge in [-0.25, -0.2) is 0 Å². The standard InChI is InChI=1S/C61H104O6/c1-4-7-10-13-16-19-22-25-28-30-33-36-39-42-45-48-51-54-60(63)66-57-58(56-65-59(62)53-50-47-44-41-38-35-32-27-24-21-18-15-12-9-6-3)67-61(64)55-52-49-46-43-40-37-34-31-29-26-23-20-17-14-11-8-5-2/h8,11,17-18,20-21,26-27,29,32,34,37-38,41,58H,4-7,9-10,12-16,19,22-25,28,30-31,33,35-36,39-40,42-57H2,1-3H3/b11-8-,20-17-,21-18-,29-26-,32-27-,37-34-,41-38-/t58-/m1/s1. The summed E-state index contributed by atoms with van der Waals surface area (Å²) in [4.78, 5) is 38.1. The maximum Gasteiger partial charge on any atom is 0.306 e. The summed E-state index contributed by atoms with van der Waals surface area (Å²) in [6, 6.07) is 0. The van der Waals surface area contributed by atoms with Crippen LogP contribution in [0.5, 0.6) is 0 Å². The highest BCUT2D eigenvalue weighted by molar-refractivity contribution is 5.71. The van der Waals surface area contributed by atoms with Gasteiger partial charge in [-0.3, -0.25) is 14.4 Å². The monoisotopic (exact) mass is 933 g/mol. The summed E-state index contributed by atoms with van der Waals surface area (Å²) in [6.07, 6.45) is 71.4. The molecule has 0 aliphatic rings. The normalized spacial score (nSPS) is 12.7. The molecule has 6 nitrogen and oxygen atoms in total. The molecule has 0 aromatic carbocycles. The lowest BCUT2D eigenvalue weighted by Gasteiger charge is -2.18. The van der Waals surface area contributed by atoms with Gasteiger partial charge in [-0.05, 0) is 96.3 Å². The van der Waals surface area contributed by atoms with E-state index in [1.54, 1.807) is 0 Å². The number of carbonyl (C=O) groups excluding carboxylic acids is 3.